The molecule has 12 nitrogen and oxygen atoms in total. The van der Waals surface area contributed by atoms with Crippen molar-refractivity contribution < 1.29 is 19.1 Å². The Hall–Kier alpha value is -3.48. The first-order chi connectivity index (χ1) is 20.2. The Bertz CT molecular complexity index is 1300. The van der Waals surface area contributed by atoms with E-state index in [1.54, 1.807) is 25.3 Å². The van der Waals surface area contributed by atoms with Gasteiger partial charge in [0.15, 0.2) is 5.82 Å². The topological polar surface area (TPSA) is 115 Å². The quantitative estimate of drug-likeness (QED) is 0.433. The second-order valence-corrected chi connectivity index (χ2v) is 11.6. The van der Waals surface area contributed by atoms with Crippen LogP contribution in [0.3, 0.4) is 0 Å². The summed E-state index contributed by atoms with van der Waals surface area (Å²) < 4.78 is 11.7. The van der Waals surface area contributed by atoms with Gasteiger partial charge >= 0.3 is 0 Å². The number of ether oxygens (including phenoxy) is 2. The number of fused-ring (bicyclic) bond motifs is 2. The standard InChI is InChI=1S/C30H44N8O4/c1-7-24-29(40)36(5)25-17-32-30(34-27(25)38(24)19(2)3)33-23-9-8-22(21-10-15-42-26(21)23)28(39)31-16-20(41-6)18-37-13-11-35(4)12-14-37/h8-9,17,19-20,24H,7,10-16,18H2,1-6H3,(H,31,39)(H,32,33,34)/t20-,24+/m0/s1. The molecule has 1 aromatic carbocycles. The normalized spacial score (nSPS) is 19.9. The van der Waals surface area contributed by atoms with Crippen molar-refractivity contribution in [3.8, 4) is 5.75 Å². The molecule has 0 spiro atoms. The van der Waals surface area contributed by atoms with E-state index in [9.17, 15) is 9.59 Å². The van der Waals surface area contributed by atoms with Crippen molar-refractivity contribution in [2.24, 2.45) is 0 Å². The molecule has 2 atom stereocenters. The number of benzene rings is 1. The molecule has 0 radical (unpaired) electrons. The summed E-state index contributed by atoms with van der Waals surface area (Å²) in [6.07, 6.45) is 2.91. The minimum Gasteiger partial charge on any atom is -0.491 e. The van der Waals surface area contributed by atoms with Crippen molar-refractivity contribution in [3.63, 3.8) is 0 Å². The number of nitrogens with zero attached hydrogens (tertiary/aromatic N) is 6. The zero-order valence-electron chi connectivity index (χ0n) is 25.6. The molecule has 1 aromatic heterocycles. The summed E-state index contributed by atoms with van der Waals surface area (Å²) in [5.74, 6) is 1.66. The van der Waals surface area contributed by atoms with E-state index in [2.05, 4.69) is 51.2 Å². The number of carbonyl (C=O) groups excluding carboxylic acids is 2. The number of rotatable bonds is 10. The second kappa shape index (κ2) is 12.8. The number of hydrogen-bond acceptors (Lipinski definition) is 10. The molecule has 1 fully saturated rings. The molecule has 3 aliphatic rings. The Balaban J connectivity index is 1.30. The lowest BCUT2D eigenvalue weighted by Crippen LogP contribution is -2.54. The molecule has 2 N–H and O–H groups in total. The fraction of sp³-hybridized carbons (Fsp3) is 0.600. The molecule has 12 heteroatoms. The van der Waals surface area contributed by atoms with E-state index in [4.69, 9.17) is 14.5 Å². The van der Waals surface area contributed by atoms with E-state index >= 15 is 0 Å². The number of amides is 2. The molecule has 2 aromatic rings. The SMILES string of the molecule is CC[C@@H]1C(=O)N(C)c2cnc(Nc3ccc(C(=O)NC[C@@H](CN4CCN(C)CC4)OC)c4c3OCC4)nc2N1C(C)C. The van der Waals surface area contributed by atoms with E-state index in [1.165, 1.54) is 0 Å². The maximum absolute atomic E-state index is 13.3. The predicted octanol–water partition coefficient (Wildman–Crippen LogP) is 2.12. The van der Waals surface area contributed by atoms with Gasteiger partial charge in [-0.1, -0.05) is 6.92 Å². The first kappa shape index (κ1) is 30.0. The van der Waals surface area contributed by atoms with Gasteiger partial charge in [-0.2, -0.15) is 4.98 Å². The number of carbonyl (C=O) groups is 2. The maximum Gasteiger partial charge on any atom is 0.251 e. The molecule has 42 heavy (non-hydrogen) atoms. The third kappa shape index (κ3) is 6.02. The monoisotopic (exact) mass is 580 g/mol. The number of anilines is 4. The van der Waals surface area contributed by atoms with Gasteiger partial charge in [-0.3, -0.25) is 14.5 Å². The molecule has 5 rings (SSSR count). The Morgan fingerprint density at radius 2 is 1.95 bits per heavy atom. The Labute approximate surface area is 248 Å². The van der Waals surface area contributed by atoms with E-state index < -0.39 is 0 Å². The van der Waals surface area contributed by atoms with Gasteiger partial charge in [0.1, 0.15) is 17.5 Å². The zero-order valence-corrected chi connectivity index (χ0v) is 25.6. The summed E-state index contributed by atoms with van der Waals surface area (Å²) in [4.78, 5) is 44.0. The summed E-state index contributed by atoms with van der Waals surface area (Å²) in [5, 5.41) is 6.38. The largest absolute Gasteiger partial charge is 0.491 e. The van der Waals surface area contributed by atoms with Crippen molar-refractivity contribution in [2.45, 2.75) is 51.8 Å². The van der Waals surface area contributed by atoms with Crippen LogP contribution < -0.4 is 25.2 Å². The molecular weight excluding hydrogens is 536 g/mol. The Morgan fingerprint density at radius 3 is 2.64 bits per heavy atom. The molecule has 0 unspecified atom stereocenters. The van der Waals surface area contributed by atoms with Crippen LogP contribution in [0.15, 0.2) is 18.3 Å². The number of nitrogens with one attached hydrogen (secondary N) is 2. The van der Waals surface area contributed by atoms with Crippen molar-refractivity contribution in [2.75, 3.05) is 82.2 Å². The van der Waals surface area contributed by atoms with Gasteiger partial charge < -0.3 is 34.8 Å². The van der Waals surface area contributed by atoms with Gasteiger partial charge in [0.25, 0.3) is 5.91 Å². The first-order valence-corrected chi connectivity index (χ1v) is 14.9. The average molecular weight is 581 g/mol. The van der Waals surface area contributed by atoms with Crippen molar-refractivity contribution in [3.05, 3.63) is 29.5 Å². The molecule has 4 heterocycles. The van der Waals surface area contributed by atoms with Crippen molar-refractivity contribution >= 4 is 35.0 Å². The van der Waals surface area contributed by atoms with E-state index in [1.807, 2.05) is 19.1 Å². The molecular formula is C30H44N8O4. The summed E-state index contributed by atoms with van der Waals surface area (Å²) in [6, 6.07) is 3.46. The van der Waals surface area contributed by atoms with Gasteiger partial charge in [-0.15, -0.1) is 0 Å². The van der Waals surface area contributed by atoms with Gasteiger partial charge in [-0.05, 0) is 39.4 Å². The number of methoxy groups -OCH3 is 1. The molecule has 228 valence electrons. The van der Waals surface area contributed by atoms with E-state index in [0.717, 1.165) is 38.3 Å². The van der Waals surface area contributed by atoms with Crippen LogP contribution in [-0.2, 0) is 16.0 Å². The van der Waals surface area contributed by atoms with Crippen LogP contribution in [0.4, 0.5) is 23.1 Å². The van der Waals surface area contributed by atoms with Crippen LogP contribution in [0.2, 0.25) is 0 Å². The highest BCUT2D eigenvalue weighted by atomic mass is 16.5. The fourth-order valence-corrected chi connectivity index (χ4v) is 6.01. The average Bonchev–Trinajstić information content (AvgIpc) is 3.48. The summed E-state index contributed by atoms with van der Waals surface area (Å²) in [5.41, 5.74) is 2.85. The number of hydrogen-bond donors (Lipinski definition) is 2. The van der Waals surface area contributed by atoms with Gasteiger partial charge in [0, 0.05) is 77.0 Å². The van der Waals surface area contributed by atoms with Crippen LogP contribution in [0.5, 0.6) is 5.75 Å². The van der Waals surface area contributed by atoms with Crippen LogP contribution in [-0.4, -0.2) is 117 Å². The molecule has 0 aliphatic carbocycles. The van der Waals surface area contributed by atoms with Crippen LogP contribution in [0.1, 0.15) is 43.1 Å². The zero-order chi connectivity index (χ0) is 30.0. The second-order valence-electron chi connectivity index (χ2n) is 11.6. The van der Waals surface area contributed by atoms with Crippen LogP contribution >= 0.6 is 0 Å². The molecule has 1 saturated heterocycles. The van der Waals surface area contributed by atoms with Gasteiger partial charge in [0.05, 0.1) is 24.6 Å². The third-order valence-electron chi connectivity index (χ3n) is 8.48. The number of piperazine rings is 1. The fourth-order valence-electron chi connectivity index (χ4n) is 6.01. The lowest BCUT2D eigenvalue weighted by molar-refractivity contribution is -0.120. The lowest BCUT2D eigenvalue weighted by atomic mass is 10.0. The molecule has 3 aliphatic heterocycles. The van der Waals surface area contributed by atoms with E-state index in [-0.39, 0.29) is 30.0 Å². The minimum atomic E-state index is -0.283. The van der Waals surface area contributed by atoms with E-state index in [0.29, 0.717) is 60.4 Å². The van der Waals surface area contributed by atoms with Crippen LogP contribution in [0.25, 0.3) is 0 Å². The summed E-state index contributed by atoms with van der Waals surface area (Å²) >= 11 is 0. The highest BCUT2D eigenvalue weighted by molar-refractivity contribution is 6.04. The van der Waals surface area contributed by atoms with Gasteiger partial charge in [-0.25, -0.2) is 4.98 Å². The Morgan fingerprint density at radius 1 is 1.19 bits per heavy atom. The lowest BCUT2D eigenvalue weighted by Gasteiger charge is -2.42. The highest BCUT2D eigenvalue weighted by Gasteiger charge is 2.38. The minimum absolute atomic E-state index is 0.0410. The van der Waals surface area contributed by atoms with Crippen molar-refractivity contribution in [1.82, 2.24) is 25.1 Å². The maximum atomic E-state index is 13.3. The molecule has 2 amide bonds. The number of aromatic nitrogens is 2. The highest BCUT2D eigenvalue weighted by Crippen LogP contribution is 2.39. The van der Waals surface area contributed by atoms with Gasteiger partial charge in [0.2, 0.25) is 11.9 Å². The summed E-state index contributed by atoms with van der Waals surface area (Å²) in [6.45, 7) is 11.9. The van der Waals surface area contributed by atoms with Crippen LogP contribution in [0, 0.1) is 0 Å². The molecule has 0 bridgehead atoms. The number of likely N-dealkylation sites (N-methyl/N-ethyl adjacent to an activating group) is 2. The predicted molar refractivity (Wildman–Crippen MR) is 163 cm³/mol. The smallest absolute Gasteiger partial charge is 0.251 e. The Kier molecular flexibility index (Phi) is 9.14. The molecule has 0 saturated carbocycles. The third-order valence-corrected chi connectivity index (χ3v) is 8.48. The summed E-state index contributed by atoms with van der Waals surface area (Å²) in [7, 11) is 5.60. The first-order valence-electron chi connectivity index (χ1n) is 14.9. The van der Waals surface area contributed by atoms with Crippen molar-refractivity contribution in [1.29, 1.82) is 0 Å².